The summed E-state index contributed by atoms with van der Waals surface area (Å²) in [5.41, 5.74) is 1.82. The number of thiocarbonyl (C=S) groups is 1. The number of benzene rings is 1. The van der Waals surface area contributed by atoms with Crippen LogP contribution in [0.5, 0.6) is 0 Å². The monoisotopic (exact) mass is 328 g/mol. The van der Waals surface area contributed by atoms with Crippen LogP contribution < -0.4 is 10.6 Å². The molecule has 4 nitrogen and oxygen atoms in total. The second-order valence-corrected chi connectivity index (χ2v) is 5.45. The highest BCUT2D eigenvalue weighted by atomic mass is 35.5. The van der Waals surface area contributed by atoms with Crippen LogP contribution in [0.3, 0.4) is 0 Å². The van der Waals surface area contributed by atoms with Crippen molar-refractivity contribution < 1.29 is 0 Å². The molecule has 0 aliphatic carbocycles. The highest BCUT2D eigenvalue weighted by Crippen LogP contribution is 2.22. The minimum atomic E-state index is 0.507. The van der Waals surface area contributed by atoms with Gasteiger partial charge in [0.05, 0.1) is 6.20 Å². The Morgan fingerprint density at radius 2 is 2.00 bits per heavy atom. The molecular weight excluding hydrogens is 315 g/mol. The third-order valence-electron chi connectivity index (χ3n) is 2.58. The van der Waals surface area contributed by atoms with Crippen molar-refractivity contribution >= 4 is 46.2 Å². The van der Waals surface area contributed by atoms with Crippen molar-refractivity contribution in [3.63, 3.8) is 0 Å². The molecule has 0 bridgehead atoms. The largest absolute Gasteiger partial charge is 0.358 e. The third kappa shape index (κ3) is 4.37. The zero-order valence-corrected chi connectivity index (χ0v) is 13.2. The molecule has 0 aliphatic rings. The van der Waals surface area contributed by atoms with Crippen LogP contribution in [0.15, 0.2) is 30.6 Å². The molecule has 0 radical (unpaired) electrons. The lowest BCUT2D eigenvalue weighted by atomic mass is 10.3. The molecule has 2 aromatic rings. The quantitative estimate of drug-likeness (QED) is 0.840. The van der Waals surface area contributed by atoms with Gasteiger partial charge in [-0.2, -0.15) is 5.10 Å². The molecule has 0 atom stereocenters. The predicted molar refractivity (Wildman–Crippen MR) is 87.4 cm³/mol. The normalized spacial score (nSPS) is 10.3. The van der Waals surface area contributed by atoms with Gasteiger partial charge in [0.25, 0.3) is 0 Å². The number of halogens is 2. The van der Waals surface area contributed by atoms with Gasteiger partial charge >= 0.3 is 0 Å². The highest BCUT2D eigenvalue weighted by Gasteiger charge is 2.02. The van der Waals surface area contributed by atoms with Gasteiger partial charge in [-0.1, -0.05) is 23.2 Å². The maximum Gasteiger partial charge on any atom is 0.171 e. The van der Waals surface area contributed by atoms with Crippen molar-refractivity contribution in [3.8, 4) is 0 Å². The summed E-state index contributed by atoms with van der Waals surface area (Å²) in [5, 5.41) is 12.0. The third-order valence-corrected chi connectivity index (χ3v) is 3.27. The van der Waals surface area contributed by atoms with Gasteiger partial charge in [-0.3, -0.25) is 4.68 Å². The maximum atomic E-state index is 5.93. The minimum absolute atomic E-state index is 0.507. The number of rotatable bonds is 4. The molecule has 20 heavy (non-hydrogen) atoms. The van der Waals surface area contributed by atoms with Crippen LogP contribution in [0.2, 0.25) is 10.0 Å². The van der Waals surface area contributed by atoms with Crippen LogP contribution in [0, 0.1) is 0 Å². The number of hydrogen-bond acceptors (Lipinski definition) is 2. The van der Waals surface area contributed by atoms with E-state index in [0.29, 0.717) is 21.7 Å². The Balaban J connectivity index is 1.89. The standard InChI is InChI=1S/C13H14Cl2N4S/c1-2-19-8-9(7-17-19)6-16-13(20)18-12-4-10(14)3-11(15)5-12/h3-5,7-8H,2,6H2,1H3,(H2,16,18,20). The molecular formula is C13H14Cl2N4S. The van der Waals surface area contributed by atoms with Crippen molar-refractivity contribution in [1.82, 2.24) is 15.1 Å². The van der Waals surface area contributed by atoms with Gasteiger partial charge in [-0.25, -0.2) is 0 Å². The molecule has 0 spiro atoms. The fraction of sp³-hybridized carbons (Fsp3) is 0.231. The van der Waals surface area contributed by atoms with E-state index in [9.17, 15) is 0 Å². The average molecular weight is 329 g/mol. The minimum Gasteiger partial charge on any atom is -0.358 e. The number of nitrogens with one attached hydrogen (secondary N) is 2. The summed E-state index contributed by atoms with van der Waals surface area (Å²) in [5.74, 6) is 0. The Labute approximate surface area is 133 Å². The SMILES string of the molecule is CCn1cc(CNC(=S)Nc2cc(Cl)cc(Cl)c2)cn1. The molecule has 0 amide bonds. The van der Waals surface area contributed by atoms with E-state index < -0.39 is 0 Å². The van der Waals surface area contributed by atoms with Crippen molar-refractivity contribution in [2.45, 2.75) is 20.0 Å². The first-order chi connectivity index (χ1) is 9.56. The van der Waals surface area contributed by atoms with Crippen LogP contribution >= 0.6 is 35.4 Å². The van der Waals surface area contributed by atoms with E-state index in [1.165, 1.54) is 0 Å². The number of hydrogen-bond donors (Lipinski definition) is 2. The number of nitrogens with zero attached hydrogens (tertiary/aromatic N) is 2. The van der Waals surface area contributed by atoms with Gasteiger partial charge in [0.1, 0.15) is 0 Å². The summed E-state index contributed by atoms with van der Waals surface area (Å²) in [4.78, 5) is 0. The van der Waals surface area contributed by atoms with Crippen molar-refractivity contribution in [2.24, 2.45) is 0 Å². The van der Waals surface area contributed by atoms with E-state index in [-0.39, 0.29) is 0 Å². The highest BCUT2D eigenvalue weighted by molar-refractivity contribution is 7.80. The van der Waals surface area contributed by atoms with Crippen LogP contribution in [-0.4, -0.2) is 14.9 Å². The van der Waals surface area contributed by atoms with E-state index in [0.717, 1.165) is 17.8 Å². The first kappa shape index (κ1) is 15.1. The Bertz CT molecular complexity index is 592. The first-order valence-corrected chi connectivity index (χ1v) is 7.25. The summed E-state index contributed by atoms with van der Waals surface area (Å²) in [6, 6.07) is 5.19. The Morgan fingerprint density at radius 1 is 1.30 bits per heavy atom. The summed E-state index contributed by atoms with van der Waals surface area (Å²) in [7, 11) is 0. The van der Waals surface area contributed by atoms with Gasteiger partial charge in [0.2, 0.25) is 0 Å². The van der Waals surface area contributed by atoms with Crippen LogP contribution in [0.25, 0.3) is 0 Å². The number of anilines is 1. The summed E-state index contributed by atoms with van der Waals surface area (Å²) in [6.07, 6.45) is 3.79. The fourth-order valence-corrected chi connectivity index (χ4v) is 2.37. The second kappa shape index (κ2) is 6.92. The van der Waals surface area contributed by atoms with E-state index >= 15 is 0 Å². The summed E-state index contributed by atoms with van der Waals surface area (Å²) >= 11 is 17.1. The second-order valence-electron chi connectivity index (χ2n) is 4.17. The lowest BCUT2D eigenvalue weighted by molar-refractivity contribution is 0.659. The molecule has 0 saturated heterocycles. The zero-order valence-electron chi connectivity index (χ0n) is 10.9. The maximum absolute atomic E-state index is 5.93. The molecule has 1 aromatic carbocycles. The zero-order chi connectivity index (χ0) is 14.5. The first-order valence-electron chi connectivity index (χ1n) is 6.09. The summed E-state index contributed by atoms with van der Waals surface area (Å²) in [6.45, 7) is 3.50. The molecule has 1 heterocycles. The van der Waals surface area contributed by atoms with Crippen LogP contribution in [0.4, 0.5) is 5.69 Å². The lowest BCUT2D eigenvalue weighted by Gasteiger charge is -2.10. The number of aryl methyl sites for hydroxylation is 1. The number of aromatic nitrogens is 2. The topological polar surface area (TPSA) is 41.9 Å². The molecule has 106 valence electrons. The van der Waals surface area contributed by atoms with Crippen LogP contribution in [-0.2, 0) is 13.1 Å². The van der Waals surface area contributed by atoms with E-state index in [1.54, 1.807) is 18.2 Å². The van der Waals surface area contributed by atoms with Gasteiger partial charge in [-0.05, 0) is 37.3 Å². The van der Waals surface area contributed by atoms with Crippen molar-refractivity contribution in [2.75, 3.05) is 5.32 Å². The molecule has 0 aliphatic heterocycles. The van der Waals surface area contributed by atoms with Crippen LogP contribution in [0.1, 0.15) is 12.5 Å². The van der Waals surface area contributed by atoms with Gasteiger partial charge in [0, 0.05) is 40.6 Å². The van der Waals surface area contributed by atoms with Gasteiger partial charge in [-0.15, -0.1) is 0 Å². The molecule has 0 unspecified atom stereocenters. The predicted octanol–water partition coefficient (Wildman–Crippen LogP) is 3.70. The Kier molecular flexibility index (Phi) is 5.23. The lowest BCUT2D eigenvalue weighted by Crippen LogP contribution is -2.27. The van der Waals surface area contributed by atoms with Gasteiger partial charge in [0.15, 0.2) is 5.11 Å². The Hall–Kier alpha value is -1.30. The molecule has 0 fully saturated rings. The smallest absolute Gasteiger partial charge is 0.171 e. The molecule has 2 rings (SSSR count). The van der Waals surface area contributed by atoms with E-state index in [2.05, 4.69) is 15.7 Å². The molecule has 1 aromatic heterocycles. The van der Waals surface area contributed by atoms with E-state index in [4.69, 9.17) is 35.4 Å². The van der Waals surface area contributed by atoms with E-state index in [1.807, 2.05) is 24.0 Å². The molecule has 7 heteroatoms. The fourth-order valence-electron chi connectivity index (χ4n) is 1.65. The molecule has 2 N–H and O–H groups in total. The average Bonchev–Trinajstić information content (AvgIpc) is 2.83. The summed E-state index contributed by atoms with van der Waals surface area (Å²) < 4.78 is 1.87. The Morgan fingerprint density at radius 3 is 2.60 bits per heavy atom. The molecule has 0 saturated carbocycles. The van der Waals surface area contributed by atoms with Crippen molar-refractivity contribution in [1.29, 1.82) is 0 Å². The van der Waals surface area contributed by atoms with Crippen molar-refractivity contribution in [3.05, 3.63) is 46.2 Å². The van der Waals surface area contributed by atoms with Gasteiger partial charge < -0.3 is 10.6 Å².